The van der Waals surface area contributed by atoms with E-state index < -0.39 is 0 Å². The molecule has 0 aromatic carbocycles. The Morgan fingerprint density at radius 3 is 1.77 bits per heavy atom. The van der Waals surface area contributed by atoms with Gasteiger partial charge in [-0.2, -0.15) is 0 Å². The molecule has 0 aliphatic heterocycles. The summed E-state index contributed by atoms with van der Waals surface area (Å²) in [4.78, 5) is 12.9. The third kappa shape index (κ3) is 2.24. The quantitative estimate of drug-likeness (QED) is 0.669. The first-order valence-electron chi connectivity index (χ1n) is 9.33. The number of carbonyl (C=O) groups is 1. The maximum Gasteiger partial charge on any atom is 0.312 e. The van der Waals surface area contributed by atoms with Crippen molar-refractivity contribution in [2.75, 3.05) is 0 Å². The van der Waals surface area contributed by atoms with Gasteiger partial charge in [0.1, 0.15) is 5.60 Å². The first kappa shape index (κ1) is 16.3. The van der Waals surface area contributed by atoms with E-state index in [0.29, 0.717) is 11.8 Å². The number of hydrogen-bond acceptors (Lipinski definition) is 2. The molecule has 4 aliphatic rings. The van der Waals surface area contributed by atoms with Crippen molar-refractivity contribution in [2.24, 2.45) is 34.5 Å². The lowest BCUT2D eigenvalue weighted by atomic mass is 9.45. The van der Waals surface area contributed by atoms with Gasteiger partial charge in [-0.15, -0.1) is 0 Å². The van der Waals surface area contributed by atoms with Crippen LogP contribution in [0.15, 0.2) is 0 Å². The summed E-state index contributed by atoms with van der Waals surface area (Å²) in [6, 6.07) is 0. The highest BCUT2D eigenvalue weighted by Gasteiger charge is 2.64. The SMILES string of the molecule is CCC(C)(C)C(=O)OC1(C(C)(C)C)C2CC3CC(C2)CC1C3. The lowest BCUT2D eigenvalue weighted by molar-refractivity contribution is -0.250. The molecule has 0 amide bonds. The van der Waals surface area contributed by atoms with Crippen molar-refractivity contribution in [2.45, 2.75) is 85.7 Å². The van der Waals surface area contributed by atoms with Crippen LogP contribution in [0.5, 0.6) is 0 Å². The molecule has 0 aromatic rings. The fraction of sp³-hybridized carbons (Fsp3) is 0.950. The van der Waals surface area contributed by atoms with Crippen molar-refractivity contribution < 1.29 is 9.53 Å². The van der Waals surface area contributed by atoms with Crippen LogP contribution >= 0.6 is 0 Å². The lowest BCUT2D eigenvalue weighted by Crippen LogP contribution is -2.66. The van der Waals surface area contributed by atoms with E-state index in [-0.39, 0.29) is 22.4 Å². The van der Waals surface area contributed by atoms with Gasteiger partial charge in [0.25, 0.3) is 0 Å². The van der Waals surface area contributed by atoms with Gasteiger partial charge in [-0.25, -0.2) is 0 Å². The molecule has 4 fully saturated rings. The number of carbonyl (C=O) groups excluding carboxylic acids is 1. The summed E-state index contributed by atoms with van der Waals surface area (Å²) in [6.45, 7) is 13.0. The Balaban J connectivity index is 1.95. The van der Waals surface area contributed by atoms with E-state index in [1.54, 1.807) is 0 Å². The van der Waals surface area contributed by atoms with Crippen LogP contribution in [0.1, 0.15) is 80.1 Å². The Morgan fingerprint density at radius 2 is 1.41 bits per heavy atom. The highest BCUT2D eigenvalue weighted by atomic mass is 16.6. The van der Waals surface area contributed by atoms with Crippen molar-refractivity contribution in [3.8, 4) is 0 Å². The Labute approximate surface area is 136 Å². The molecule has 0 atom stereocenters. The molecule has 4 aliphatic carbocycles. The second-order valence-corrected chi connectivity index (χ2v) is 9.97. The number of ether oxygens (including phenoxy) is 1. The molecule has 2 heteroatoms. The van der Waals surface area contributed by atoms with Gasteiger partial charge in [-0.1, -0.05) is 27.7 Å². The first-order valence-corrected chi connectivity index (χ1v) is 9.33. The van der Waals surface area contributed by atoms with Crippen LogP contribution in [-0.2, 0) is 9.53 Å². The molecule has 4 rings (SSSR count). The minimum Gasteiger partial charge on any atom is -0.458 e. The highest BCUT2D eigenvalue weighted by Crippen LogP contribution is 2.64. The molecule has 0 heterocycles. The van der Waals surface area contributed by atoms with Crippen LogP contribution < -0.4 is 0 Å². The van der Waals surface area contributed by atoms with Crippen molar-refractivity contribution in [1.29, 1.82) is 0 Å². The second kappa shape index (κ2) is 4.98. The van der Waals surface area contributed by atoms with E-state index in [1.165, 1.54) is 32.1 Å². The van der Waals surface area contributed by atoms with Gasteiger partial charge in [0.2, 0.25) is 0 Å². The molecule has 0 spiro atoms. The van der Waals surface area contributed by atoms with Crippen molar-refractivity contribution in [1.82, 2.24) is 0 Å². The smallest absolute Gasteiger partial charge is 0.312 e. The molecule has 2 nitrogen and oxygen atoms in total. The van der Waals surface area contributed by atoms with Crippen LogP contribution in [0.2, 0.25) is 0 Å². The largest absolute Gasteiger partial charge is 0.458 e. The summed E-state index contributed by atoms with van der Waals surface area (Å²) in [7, 11) is 0. The number of hydrogen-bond donors (Lipinski definition) is 0. The van der Waals surface area contributed by atoms with Crippen molar-refractivity contribution in [3.05, 3.63) is 0 Å². The summed E-state index contributed by atoms with van der Waals surface area (Å²) in [6.07, 6.45) is 7.40. The van der Waals surface area contributed by atoms with Crippen LogP contribution in [-0.4, -0.2) is 11.6 Å². The van der Waals surface area contributed by atoms with E-state index in [4.69, 9.17) is 4.74 Å². The average Bonchev–Trinajstić information content (AvgIpc) is 2.40. The van der Waals surface area contributed by atoms with E-state index in [0.717, 1.165) is 18.3 Å². The van der Waals surface area contributed by atoms with E-state index in [9.17, 15) is 4.79 Å². The minimum absolute atomic E-state index is 0.0229. The van der Waals surface area contributed by atoms with Gasteiger partial charge < -0.3 is 4.74 Å². The standard InChI is InChI=1S/C20H34O2/c1-7-19(5,6)17(21)22-20(18(2,3)4)15-9-13-8-14(11-15)12-16(20)10-13/h13-16H,7-12H2,1-6H3. The molecular weight excluding hydrogens is 272 g/mol. The molecule has 0 radical (unpaired) electrons. The molecule has 4 saturated carbocycles. The summed E-state index contributed by atoms with van der Waals surface area (Å²) >= 11 is 0. The molecule has 0 unspecified atom stereocenters. The Bertz CT molecular complexity index is 427. The van der Waals surface area contributed by atoms with Crippen LogP contribution in [0.4, 0.5) is 0 Å². The van der Waals surface area contributed by atoms with Crippen LogP contribution in [0, 0.1) is 34.5 Å². The fourth-order valence-electron chi connectivity index (χ4n) is 5.86. The molecular formula is C20H34O2. The molecule has 0 N–H and O–H groups in total. The maximum absolute atomic E-state index is 12.9. The fourth-order valence-corrected chi connectivity index (χ4v) is 5.86. The normalized spacial score (nSPS) is 40.8. The van der Waals surface area contributed by atoms with Gasteiger partial charge in [0.05, 0.1) is 5.41 Å². The monoisotopic (exact) mass is 306 g/mol. The van der Waals surface area contributed by atoms with Gasteiger partial charge in [0.15, 0.2) is 0 Å². The average molecular weight is 306 g/mol. The third-order valence-corrected chi connectivity index (χ3v) is 7.22. The summed E-state index contributed by atoms with van der Waals surface area (Å²) < 4.78 is 6.50. The zero-order valence-corrected chi connectivity index (χ0v) is 15.4. The second-order valence-electron chi connectivity index (χ2n) is 9.97. The Hall–Kier alpha value is -0.530. The molecule has 22 heavy (non-hydrogen) atoms. The van der Waals surface area contributed by atoms with Gasteiger partial charge >= 0.3 is 5.97 Å². The van der Waals surface area contributed by atoms with Gasteiger partial charge in [-0.3, -0.25) is 4.79 Å². The van der Waals surface area contributed by atoms with E-state index in [2.05, 4.69) is 27.7 Å². The number of esters is 1. The maximum atomic E-state index is 12.9. The first-order chi connectivity index (χ1) is 10.1. The minimum atomic E-state index is -0.368. The van der Waals surface area contributed by atoms with E-state index >= 15 is 0 Å². The zero-order valence-electron chi connectivity index (χ0n) is 15.4. The predicted octanol–water partition coefficient (Wildman–Crippen LogP) is 5.21. The summed E-state index contributed by atoms with van der Waals surface area (Å²) in [5.74, 6) is 2.99. The van der Waals surface area contributed by atoms with Crippen LogP contribution in [0.3, 0.4) is 0 Å². The van der Waals surface area contributed by atoms with Crippen molar-refractivity contribution in [3.63, 3.8) is 0 Å². The van der Waals surface area contributed by atoms with Gasteiger partial charge in [-0.05, 0) is 64.2 Å². The van der Waals surface area contributed by atoms with E-state index in [1.807, 2.05) is 13.8 Å². The predicted molar refractivity (Wildman–Crippen MR) is 89.4 cm³/mol. The highest BCUT2D eigenvalue weighted by molar-refractivity contribution is 5.76. The lowest BCUT2D eigenvalue weighted by Gasteiger charge is -2.64. The van der Waals surface area contributed by atoms with Gasteiger partial charge in [0, 0.05) is 17.3 Å². The molecule has 4 bridgehead atoms. The molecule has 126 valence electrons. The zero-order chi connectivity index (χ0) is 16.3. The summed E-state index contributed by atoms with van der Waals surface area (Å²) in [5, 5.41) is 0. The Kier molecular flexibility index (Phi) is 3.70. The topological polar surface area (TPSA) is 26.3 Å². The van der Waals surface area contributed by atoms with Crippen molar-refractivity contribution >= 4 is 5.97 Å². The summed E-state index contributed by atoms with van der Waals surface area (Å²) in [5.41, 5.74) is -0.577. The van der Waals surface area contributed by atoms with Crippen LogP contribution in [0.25, 0.3) is 0 Å². The number of rotatable bonds is 3. The third-order valence-electron chi connectivity index (χ3n) is 7.22. The molecule has 0 saturated heterocycles. The Morgan fingerprint density at radius 1 is 0.955 bits per heavy atom. The molecule has 0 aromatic heterocycles.